The van der Waals surface area contributed by atoms with Crippen LogP contribution in [0.4, 0.5) is 5.13 Å². The molecule has 0 fully saturated rings. The van der Waals surface area contributed by atoms with Crippen LogP contribution >= 0.6 is 11.3 Å². The van der Waals surface area contributed by atoms with Gasteiger partial charge in [-0.2, -0.15) is 0 Å². The summed E-state index contributed by atoms with van der Waals surface area (Å²) in [6, 6.07) is 6.27. The Balaban J connectivity index is 2.02. The number of rotatable bonds is 6. The highest BCUT2D eigenvalue weighted by atomic mass is 32.2. The number of nitrogens with zero attached hydrogens (tertiary/aromatic N) is 1. The number of amides is 1. The molecule has 0 saturated heterocycles. The first-order valence-corrected chi connectivity index (χ1v) is 8.86. The van der Waals surface area contributed by atoms with Gasteiger partial charge in [-0.1, -0.05) is 19.1 Å². The molecule has 0 unspecified atom stereocenters. The summed E-state index contributed by atoms with van der Waals surface area (Å²) < 4.78 is 26.0. The van der Waals surface area contributed by atoms with Gasteiger partial charge in [0.2, 0.25) is 15.9 Å². The van der Waals surface area contributed by atoms with E-state index in [0.29, 0.717) is 11.7 Å². The fourth-order valence-corrected chi connectivity index (χ4v) is 3.21. The van der Waals surface area contributed by atoms with Gasteiger partial charge in [0, 0.05) is 24.2 Å². The molecule has 2 aromatic rings. The molecule has 0 spiro atoms. The molecule has 0 aliphatic rings. The standard InChI is InChI=1S/C14H15N3O3S2/c1-2-16-22(19,20)12-6-3-11(4-7-12)5-8-13(18)17-14-15-9-10-21-14/h3-10,16H,2H2,1H3,(H,15,17,18)/b8-5+. The van der Waals surface area contributed by atoms with Gasteiger partial charge in [-0.25, -0.2) is 18.1 Å². The average molecular weight is 337 g/mol. The van der Waals surface area contributed by atoms with Crippen LogP contribution in [0.25, 0.3) is 6.08 Å². The molecular formula is C14H15N3O3S2. The highest BCUT2D eigenvalue weighted by Crippen LogP contribution is 2.12. The lowest BCUT2D eigenvalue weighted by atomic mass is 10.2. The van der Waals surface area contributed by atoms with Crippen molar-refractivity contribution < 1.29 is 13.2 Å². The molecule has 0 aliphatic carbocycles. The first kappa shape index (κ1) is 16.3. The van der Waals surface area contributed by atoms with Crippen LogP contribution in [0.15, 0.2) is 46.8 Å². The van der Waals surface area contributed by atoms with Crippen molar-refractivity contribution in [2.45, 2.75) is 11.8 Å². The molecule has 0 bridgehead atoms. The number of aromatic nitrogens is 1. The predicted molar refractivity (Wildman–Crippen MR) is 87.1 cm³/mol. The van der Waals surface area contributed by atoms with Gasteiger partial charge in [0.05, 0.1) is 4.90 Å². The summed E-state index contributed by atoms with van der Waals surface area (Å²) in [5.74, 6) is -0.292. The third kappa shape index (κ3) is 4.48. The Labute approximate surface area is 133 Å². The van der Waals surface area contributed by atoms with E-state index in [1.807, 2.05) is 0 Å². The molecule has 0 atom stereocenters. The Hall–Kier alpha value is -2.03. The van der Waals surface area contributed by atoms with Crippen LogP contribution in [0, 0.1) is 0 Å². The topological polar surface area (TPSA) is 88.2 Å². The van der Waals surface area contributed by atoms with E-state index in [0.717, 1.165) is 5.56 Å². The Morgan fingerprint density at radius 3 is 2.64 bits per heavy atom. The molecule has 2 N–H and O–H groups in total. The van der Waals surface area contributed by atoms with Crippen LogP contribution in [0.3, 0.4) is 0 Å². The molecule has 22 heavy (non-hydrogen) atoms. The minimum absolute atomic E-state index is 0.193. The normalized spacial score (nSPS) is 11.7. The fraction of sp³-hybridized carbons (Fsp3) is 0.143. The van der Waals surface area contributed by atoms with Crippen molar-refractivity contribution >= 4 is 38.5 Å². The van der Waals surface area contributed by atoms with Crippen molar-refractivity contribution in [3.05, 3.63) is 47.5 Å². The zero-order valence-corrected chi connectivity index (χ0v) is 13.4. The molecule has 1 amide bonds. The van der Waals surface area contributed by atoms with Gasteiger partial charge in [0.1, 0.15) is 0 Å². The van der Waals surface area contributed by atoms with Crippen LogP contribution in [0.5, 0.6) is 0 Å². The SMILES string of the molecule is CCNS(=O)(=O)c1ccc(/C=C/C(=O)Nc2nccs2)cc1. The second kappa shape index (κ2) is 7.30. The molecule has 0 radical (unpaired) electrons. The van der Waals surface area contributed by atoms with Gasteiger partial charge in [0.15, 0.2) is 5.13 Å². The quantitative estimate of drug-likeness (QED) is 0.790. The van der Waals surface area contributed by atoms with Gasteiger partial charge in [-0.15, -0.1) is 11.3 Å². The van der Waals surface area contributed by atoms with Crippen LogP contribution < -0.4 is 10.0 Å². The van der Waals surface area contributed by atoms with Gasteiger partial charge in [-0.05, 0) is 23.8 Å². The molecule has 1 aromatic heterocycles. The second-order valence-electron chi connectivity index (χ2n) is 4.23. The molecule has 6 nitrogen and oxygen atoms in total. The van der Waals surface area contributed by atoms with Crippen molar-refractivity contribution in [1.29, 1.82) is 0 Å². The number of anilines is 1. The molecule has 1 heterocycles. The Bertz CT molecular complexity index is 751. The van der Waals surface area contributed by atoms with Crippen LogP contribution in [-0.4, -0.2) is 25.9 Å². The smallest absolute Gasteiger partial charge is 0.250 e. The lowest BCUT2D eigenvalue weighted by molar-refractivity contribution is -0.111. The molecular weight excluding hydrogens is 322 g/mol. The van der Waals surface area contributed by atoms with E-state index in [1.165, 1.54) is 29.5 Å². The summed E-state index contributed by atoms with van der Waals surface area (Å²) in [7, 11) is -3.45. The molecule has 8 heteroatoms. The van der Waals surface area contributed by atoms with E-state index in [1.54, 1.807) is 36.7 Å². The van der Waals surface area contributed by atoms with Crippen molar-refractivity contribution in [1.82, 2.24) is 9.71 Å². The van der Waals surface area contributed by atoms with Crippen LogP contribution in [0.1, 0.15) is 12.5 Å². The van der Waals surface area contributed by atoms with Gasteiger partial charge in [0.25, 0.3) is 0 Å². The van der Waals surface area contributed by atoms with Crippen molar-refractivity contribution in [3.63, 3.8) is 0 Å². The first-order valence-electron chi connectivity index (χ1n) is 6.49. The van der Waals surface area contributed by atoms with E-state index in [9.17, 15) is 13.2 Å². The lowest BCUT2D eigenvalue weighted by Crippen LogP contribution is -2.22. The van der Waals surface area contributed by atoms with Crippen LogP contribution in [0.2, 0.25) is 0 Å². The number of benzene rings is 1. The van der Waals surface area contributed by atoms with Gasteiger partial charge < -0.3 is 0 Å². The first-order chi connectivity index (χ1) is 10.5. The molecule has 2 rings (SSSR count). The highest BCUT2D eigenvalue weighted by Gasteiger charge is 2.11. The zero-order valence-electron chi connectivity index (χ0n) is 11.8. The number of hydrogen-bond donors (Lipinski definition) is 2. The number of carbonyl (C=O) groups excluding carboxylic acids is 1. The monoisotopic (exact) mass is 337 g/mol. The summed E-state index contributed by atoms with van der Waals surface area (Å²) >= 11 is 1.33. The van der Waals surface area contributed by atoms with Crippen molar-refractivity contribution in [2.75, 3.05) is 11.9 Å². The zero-order chi connectivity index (χ0) is 16.0. The maximum atomic E-state index is 11.8. The third-order valence-electron chi connectivity index (χ3n) is 2.61. The number of thiazole rings is 1. The maximum absolute atomic E-state index is 11.8. The summed E-state index contributed by atoms with van der Waals surface area (Å²) in [4.78, 5) is 15.8. The highest BCUT2D eigenvalue weighted by molar-refractivity contribution is 7.89. The van der Waals surface area contributed by atoms with Crippen molar-refractivity contribution in [3.8, 4) is 0 Å². The summed E-state index contributed by atoms with van der Waals surface area (Å²) in [5, 5.41) is 4.92. The Morgan fingerprint density at radius 2 is 2.05 bits per heavy atom. The summed E-state index contributed by atoms with van der Waals surface area (Å²) in [5.41, 5.74) is 0.727. The minimum Gasteiger partial charge on any atom is -0.298 e. The van der Waals surface area contributed by atoms with Crippen molar-refractivity contribution in [2.24, 2.45) is 0 Å². The fourth-order valence-electron chi connectivity index (χ4n) is 1.64. The molecule has 0 saturated carbocycles. The number of sulfonamides is 1. The summed E-state index contributed by atoms with van der Waals surface area (Å²) in [6.45, 7) is 2.05. The van der Waals surface area contributed by atoms with Crippen LogP contribution in [-0.2, 0) is 14.8 Å². The van der Waals surface area contributed by atoms with E-state index in [4.69, 9.17) is 0 Å². The number of nitrogens with one attached hydrogen (secondary N) is 2. The second-order valence-corrected chi connectivity index (χ2v) is 6.89. The maximum Gasteiger partial charge on any atom is 0.250 e. The number of carbonyl (C=O) groups is 1. The Morgan fingerprint density at radius 1 is 1.32 bits per heavy atom. The van der Waals surface area contributed by atoms with E-state index < -0.39 is 10.0 Å². The number of hydrogen-bond acceptors (Lipinski definition) is 5. The van der Waals surface area contributed by atoms with E-state index >= 15 is 0 Å². The minimum atomic E-state index is -3.45. The predicted octanol–water partition coefficient (Wildman–Crippen LogP) is 2.09. The summed E-state index contributed by atoms with van der Waals surface area (Å²) in [6.07, 6.45) is 4.58. The lowest BCUT2D eigenvalue weighted by Gasteiger charge is -2.04. The van der Waals surface area contributed by atoms with E-state index in [-0.39, 0.29) is 10.8 Å². The largest absolute Gasteiger partial charge is 0.298 e. The average Bonchev–Trinajstić information content (AvgIpc) is 2.98. The molecule has 116 valence electrons. The van der Waals surface area contributed by atoms with Gasteiger partial charge in [-0.3, -0.25) is 10.1 Å². The van der Waals surface area contributed by atoms with E-state index in [2.05, 4.69) is 15.0 Å². The van der Waals surface area contributed by atoms with Gasteiger partial charge >= 0.3 is 0 Å². The third-order valence-corrected chi connectivity index (χ3v) is 4.86. The molecule has 0 aliphatic heterocycles. The molecule has 1 aromatic carbocycles. The Kier molecular flexibility index (Phi) is 5.42.